The Morgan fingerprint density at radius 2 is 2.05 bits per heavy atom. The monoisotopic (exact) mass is 282 g/mol. The number of hydrogen-bond donors (Lipinski definition) is 1. The van der Waals surface area contributed by atoms with Gasteiger partial charge in [0.25, 0.3) is 0 Å². The first kappa shape index (κ1) is 13.0. The fourth-order valence-electron chi connectivity index (χ4n) is 3.76. The molecule has 2 heterocycles. The highest BCUT2D eigenvalue weighted by Gasteiger charge is 2.25. The Hall–Kier alpha value is -1.68. The first-order chi connectivity index (χ1) is 10.3. The summed E-state index contributed by atoms with van der Waals surface area (Å²) in [6.45, 7) is 3.30. The van der Waals surface area contributed by atoms with Crippen molar-refractivity contribution in [3.8, 4) is 0 Å². The smallest absolute Gasteiger partial charge is 0.149 e. The van der Waals surface area contributed by atoms with Crippen LogP contribution in [0.1, 0.15) is 48.6 Å². The molecule has 0 radical (unpaired) electrons. The summed E-state index contributed by atoms with van der Waals surface area (Å²) in [4.78, 5) is 0. The average Bonchev–Trinajstić information content (AvgIpc) is 3.09. The molecule has 0 saturated carbocycles. The highest BCUT2D eigenvalue weighted by atomic mass is 15.3. The molecule has 4 rings (SSSR count). The molecule has 2 atom stereocenters. The topological polar surface area (TPSA) is 42.7 Å². The molecule has 110 valence electrons. The number of aryl methyl sites for hydroxylation is 2. The lowest BCUT2D eigenvalue weighted by Crippen LogP contribution is -2.37. The quantitative estimate of drug-likeness (QED) is 0.940. The SMILES string of the molecule is CC(NC1CCc2ccccc2C1)c1nnc2n1CCC2. The molecule has 1 N–H and O–H groups in total. The Kier molecular flexibility index (Phi) is 3.26. The fourth-order valence-corrected chi connectivity index (χ4v) is 3.76. The molecule has 1 aromatic carbocycles. The van der Waals surface area contributed by atoms with Gasteiger partial charge in [0.15, 0.2) is 0 Å². The predicted octanol–water partition coefficient (Wildman–Crippen LogP) is 2.43. The minimum Gasteiger partial charge on any atom is -0.314 e. The summed E-state index contributed by atoms with van der Waals surface area (Å²) >= 11 is 0. The van der Waals surface area contributed by atoms with Crippen molar-refractivity contribution in [3.05, 3.63) is 47.0 Å². The number of aromatic nitrogens is 3. The lowest BCUT2D eigenvalue weighted by molar-refractivity contribution is 0.396. The maximum atomic E-state index is 4.40. The van der Waals surface area contributed by atoms with Gasteiger partial charge in [-0.15, -0.1) is 10.2 Å². The largest absolute Gasteiger partial charge is 0.314 e. The minimum absolute atomic E-state index is 0.277. The molecule has 0 saturated heterocycles. The van der Waals surface area contributed by atoms with Crippen molar-refractivity contribution in [2.24, 2.45) is 0 Å². The summed E-state index contributed by atoms with van der Waals surface area (Å²) in [5.74, 6) is 2.27. The Morgan fingerprint density at radius 1 is 1.19 bits per heavy atom. The maximum Gasteiger partial charge on any atom is 0.149 e. The van der Waals surface area contributed by atoms with Gasteiger partial charge >= 0.3 is 0 Å². The minimum atomic E-state index is 0.277. The van der Waals surface area contributed by atoms with E-state index in [1.165, 1.54) is 30.4 Å². The molecule has 0 bridgehead atoms. The van der Waals surface area contributed by atoms with Gasteiger partial charge in [0, 0.05) is 19.0 Å². The number of benzene rings is 1. The summed E-state index contributed by atoms with van der Waals surface area (Å²) in [7, 11) is 0. The molecule has 0 fully saturated rings. The highest BCUT2D eigenvalue weighted by molar-refractivity contribution is 5.30. The van der Waals surface area contributed by atoms with E-state index in [2.05, 4.69) is 51.3 Å². The lowest BCUT2D eigenvalue weighted by atomic mass is 9.88. The van der Waals surface area contributed by atoms with Crippen LogP contribution in [-0.4, -0.2) is 20.8 Å². The molecule has 0 amide bonds. The van der Waals surface area contributed by atoms with E-state index in [0.717, 1.165) is 31.0 Å². The van der Waals surface area contributed by atoms with Crippen molar-refractivity contribution in [2.75, 3.05) is 0 Å². The summed E-state index contributed by atoms with van der Waals surface area (Å²) in [5, 5.41) is 12.5. The van der Waals surface area contributed by atoms with Crippen LogP contribution in [0.4, 0.5) is 0 Å². The lowest BCUT2D eigenvalue weighted by Gasteiger charge is -2.28. The summed E-state index contributed by atoms with van der Waals surface area (Å²) in [5.41, 5.74) is 3.02. The normalized spacial score (nSPS) is 21.9. The van der Waals surface area contributed by atoms with Crippen molar-refractivity contribution < 1.29 is 0 Å². The molecule has 2 unspecified atom stereocenters. The Balaban J connectivity index is 1.47. The van der Waals surface area contributed by atoms with E-state index >= 15 is 0 Å². The van der Waals surface area contributed by atoms with Crippen LogP contribution in [0.2, 0.25) is 0 Å². The standard InChI is InChI=1S/C17H22N4/c1-12(17-20-19-16-7-4-10-21(16)17)18-15-9-8-13-5-2-3-6-14(13)11-15/h2-3,5-6,12,15,18H,4,7-11H2,1H3. The van der Waals surface area contributed by atoms with E-state index in [4.69, 9.17) is 0 Å². The van der Waals surface area contributed by atoms with Crippen LogP contribution in [0.5, 0.6) is 0 Å². The molecule has 1 aromatic heterocycles. The van der Waals surface area contributed by atoms with Crippen LogP contribution in [0.3, 0.4) is 0 Å². The van der Waals surface area contributed by atoms with Crippen molar-refractivity contribution in [1.82, 2.24) is 20.1 Å². The zero-order valence-corrected chi connectivity index (χ0v) is 12.5. The van der Waals surface area contributed by atoms with Gasteiger partial charge in [-0.25, -0.2) is 0 Å². The molecule has 21 heavy (non-hydrogen) atoms. The van der Waals surface area contributed by atoms with Gasteiger partial charge in [0.1, 0.15) is 11.6 Å². The molecular weight excluding hydrogens is 260 g/mol. The van der Waals surface area contributed by atoms with E-state index in [-0.39, 0.29) is 6.04 Å². The number of hydrogen-bond acceptors (Lipinski definition) is 3. The van der Waals surface area contributed by atoms with E-state index in [9.17, 15) is 0 Å². The maximum absolute atomic E-state index is 4.40. The second-order valence-corrected chi connectivity index (χ2v) is 6.33. The van der Waals surface area contributed by atoms with Gasteiger partial charge in [-0.05, 0) is 43.7 Å². The molecule has 0 spiro atoms. The van der Waals surface area contributed by atoms with Crippen molar-refractivity contribution >= 4 is 0 Å². The Bertz CT molecular complexity index is 646. The van der Waals surface area contributed by atoms with Crippen LogP contribution in [0.25, 0.3) is 0 Å². The number of nitrogens with one attached hydrogen (secondary N) is 1. The van der Waals surface area contributed by atoms with Crippen LogP contribution in [-0.2, 0) is 25.8 Å². The van der Waals surface area contributed by atoms with Gasteiger partial charge in [0.05, 0.1) is 6.04 Å². The van der Waals surface area contributed by atoms with Crippen LogP contribution in [0, 0.1) is 0 Å². The third kappa shape index (κ3) is 2.38. The molecule has 2 aliphatic rings. The molecule has 2 aromatic rings. The summed E-state index contributed by atoms with van der Waals surface area (Å²) in [6, 6.07) is 9.65. The second-order valence-electron chi connectivity index (χ2n) is 6.33. The predicted molar refractivity (Wildman–Crippen MR) is 82.1 cm³/mol. The zero-order valence-electron chi connectivity index (χ0n) is 12.5. The molecule has 1 aliphatic carbocycles. The summed E-state index contributed by atoms with van der Waals surface area (Å²) < 4.78 is 2.30. The molecule has 4 nitrogen and oxygen atoms in total. The van der Waals surface area contributed by atoms with Crippen LogP contribution in [0.15, 0.2) is 24.3 Å². The summed E-state index contributed by atoms with van der Waals surface area (Å²) in [6.07, 6.45) is 5.81. The fraction of sp³-hybridized carbons (Fsp3) is 0.529. The van der Waals surface area contributed by atoms with Gasteiger partial charge < -0.3 is 9.88 Å². The van der Waals surface area contributed by atoms with E-state index in [1.54, 1.807) is 0 Å². The second kappa shape index (κ2) is 5.26. The van der Waals surface area contributed by atoms with Gasteiger partial charge in [-0.2, -0.15) is 0 Å². The van der Waals surface area contributed by atoms with Gasteiger partial charge in [-0.3, -0.25) is 0 Å². The van der Waals surface area contributed by atoms with Crippen molar-refractivity contribution in [3.63, 3.8) is 0 Å². The zero-order chi connectivity index (χ0) is 14.2. The van der Waals surface area contributed by atoms with Gasteiger partial charge in [-0.1, -0.05) is 24.3 Å². The number of rotatable bonds is 3. The van der Waals surface area contributed by atoms with Gasteiger partial charge in [0.2, 0.25) is 0 Å². The van der Waals surface area contributed by atoms with Crippen molar-refractivity contribution in [1.29, 1.82) is 0 Å². The van der Waals surface area contributed by atoms with Crippen LogP contribution >= 0.6 is 0 Å². The first-order valence-corrected chi connectivity index (χ1v) is 8.06. The number of nitrogens with zero attached hydrogens (tertiary/aromatic N) is 3. The molecule has 4 heteroatoms. The third-order valence-corrected chi connectivity index (χ3v) is 4.86. The molecular formula is C17H22N4. The van der Waals surface area contributed by atoms with E-state index in [1.807, 2.05) is 0 Å². The Morgan fingerprint density at radius 3 is 2.95 bits per heavy atom. The van der Waals surface area contributed by atoms with Crippen molar-refractivity contribution in [2.45, 2.75) is 57.7 Å². The first-order valence-electron chi connectivity index (χ1n) is 8.06. The van der Waals surface area contributed by atoms with E-state index < -0.39 is 0 Å². The van der Waals surface area contributed by atoms with Crippen LogP contribution < -0.4 is 5.32 Å². The Labute approximate surface area is 125 Å². The molecule has 1 aliphatic heterocycles. The third-order valence-electron chi connectivity index (χ3n) is 4.86. The average molecular weight is 282 g/mol. The number of fused-ring (bicyclic) bond motifs is 2. The highest BCUT2D eigenvalue weighted by Crippen LogP contribution is 2.24. The van der Waals surface area contributed by atoms with E-state index in [0.29, 0.717) is 6.04 Å².